The maximum absolute atomic E-state index is 13.4. The third-order valence-corrected chi connectivity index (χ3v) is 3.21. The van der Waals surface area contributed by atoms with E-state index in [1.165, 1.54) is 22.9 Å². The van der Waals surface area contributed by atoms with E-state index >= 15 is 0 Å². The van der Waals surface area contributed by atoms with Crippen molar-refractivity contribution in [2.75, 3.05) is 13.1 Å². The summed E-state index contributed by atoms with van der Waals surface area (Å²) < 4.78 is 41.0. The molecule has 25 heavy (non-hydrogen) atoms. The van der Waals surface area contributed by atoms with E-state index in [0.29, 0.717) is 11.5 Å². The highest BCUT2D eigenvalue weighted by atomic mass is 35.5. The molecule has 2 rings (SSSR count). The number of halogens is 4. The van der Waals surface area contributed by atoms with Crippen LogP contribution in [0.25, 0.3) is 5.69 Å². The van der Waals surface area contributed by atoms with Gasteiger partial charge in [-0.3, -0.25) is 4.79 Å². The minimum absolute atomic E-state index is 0. The lowest BCUT2D eigenvalue weighted by atomic mass is 10.2. The molecule has 0 bridgehead atoms. The van der Waals surface area contributed by atoms with Crippen LogP contribution in [0.4, 0.5) is 13.2 Å². The van der Waals surface area contributed by atoms with Crippen molar-refractivity contribution in [2.24, 2.45) is 5.73 Å². The molecule has 0 spiro atoms. The summed E-state index contributed by atoms with van der Waals surface area (Å²) in [4.78, 5) is 16.1. The van der Waals surface area contributed by atoms with Crippen LogP contribution in [-0.2, 0) is 0 Å². The third kappa shape index (κ3) is 5.17. The summed E-state index contributed by atoms with van der Waals surface area (Å²) in [6.45, 7) is 1.86. The van der Waals surface area contributed by atoms with Crippen molar-refractivity contribution in [1.82, 2.24) is 20.1 Å². The van der Waals surface area contributed by atoms with Crippen molar-refractivity contribution in [2.45, 2.75) is 25.7 Å². The van der Waals surface area contributed by atoms with Crippen LogP contribution < -0.4 is 11.1 Å². The van der Waals surface area contributed by atoms with Crippen LogP contribution in [0.2, 0.25) is 0 Å². The molecule has 0 unspecified atom stereocenters. The molecular formula is C15H19ClF3N5O. The number of benzene rings is 1. The highest BCUT2D eigenvalue weighted by molar-refractivity contribution is 5.90. The molecule has 0 aliphatic carbocycles. The number of nitrogens with zero attached hydrogens (tertiary/aromatic N) is 3. The predicted octanol–water partition coefficient (Wildman–Crippen LogP) is 2.28. The number of rotatable bonds is 6. The Morgan fingerprint density at radius 3 is 2.64 bits per heavy atom. The predicted molar refractivity (Wildman–Crippen MR) is 89.0 cm³/mol. The van der Waals surface area contributed by atoms with Crippen molar-refractivity contribution >= 4 is 18.3 Å². The molecule has 1 amide bonds. The van der Waals surface area contributed by atoms with Gasteiger partial charge in [-0.05, 0) is 18.2 Å². The standard InChI is InChI=1S/C15H18F3N5O.ClH/c1-9(2)13-21-12(14(24)20-8-15(17,18)7-19)22-23(13)11-5-3-4-10(16)6-11;/h3-6,9H,7-8,19H2,1-2H3,(H,20,24);1H. The number of alkyl halides is 2. The maximum atomic E-state index is 13.4. The quantitative estimate of drug-likeness (QED) is 0.808. The third-order valence-electron chi connectivity index (χ3n) is 3.21. The molecule has 3 N–H and O–H groups in total. The van der Waals surface area contributed by atoms with Gasteiger partial charge < -0.3 is 11.1 Å². The fourth-order valence-electron chi connectivity index (χ4n) is 1.95. The van der Waals surface area contributed by atoms with Gasteiger partial charge in [-0.1, -0.05) is 19.9 Å². The van der Waals surface area contributed by atoms with Crippen molar-refractivity contribution in [3.8, 4) is 5.69 Å². The average Bonchev–Trinajstić information content (AvgIpc) is 2.98. The summed E-state index contributed by atoms with van der Waals surface area (Å²) in [6, 6.07) is 5.62. The topological polar surface area (TPSA) is 85.8 Å². The van der Waals surface area contributed by atoms with Crippen molar-refractivity contribution < 1.29 is 18.0 Å². The Kier molecular flexibility index (Phi) is 6.95. The molecule has 0 aliphatic heterocycles. The van der Waals surface area contributed by atoms with Gasteiger partial charge in [0, 0.05) is 5.92 Å². The van der Waals surface area contributed by atoms with E-state index in [0.717, 1.165) is 0 Å². The summed E-state index contributed by atoms with van der Waals surface area (Å²) in [5.74, 6) is -4.49. The Labute approximate surface area is 149 Å². The Morgan fingerprint density at radius 1 is 1.40 bits per heavy atom. The second-order valence-corrected chi connectivity index (χ2v) is 5.58. The zero-order valence-electron chi connectivity index (χ0n) is 13.7. The van der Waals surface area contributed by atoms with Gasteiger partial charge in [-0.2, -0.15) is 0 Å². The molecule has 0 aliphatic rings. The first-order chi connectivity index (χ1) is 11.2. The maximum Gasteiger partial charge on any atom is 0.291 e. The minimum Gasteiger partial charge on any atom is -0.343 e. The Bertz CT molecular complexity index is 736. The number of amides is 1. The van der Waals surface area contributed by atoms with Gasteiger partial charge in [0.2, 0.25) is 5.82 Å². The first-order valence-electron chi connectivity index (χ1n) is 7.32. The Morgan fingerprint density at radius 2 is 2.08 bits per heavy atom. The van der Waals surface area contributed by atoms with Gasteiger partial charge in [0.15, 0.2) is 0 Å². The molecule has 1 aromatic carbocycles. The van der Waals surface area contributed by atoms with E-state index in [1.54, 1.807) is 6.07 Å². The van der Waals surface area contributed by atoms with E-state index in [4.69, 9.17) is 5.73 Å². The van der Waals surface area contributed by atoms with Crippen molar-refractivity contribution in [1.29, 1.82) is 0 Å². The number of nitrogens with two attached hydrogens (primary N) is 1. The van der Waals surface area contributed by atoms with Crippen LogP contribution in [0.1, 0.15) is 36.2 Å². The molecule has 6 nitrogen and oxygen atoms in total. The Hall–Kier alpha value is -2.13. The molecule has 1 aromatic heterocycles. The van der Waals surface area contributed by atoms with E-state index in [9.17, 15) is 18.0 Å². The molecular weight excluding hydrogens is 359 g/mol. The van der Waals surface area contributed by atoms with E-state index < -0.39 is 30.7 Å². The fourth-order valence-corrected chi connectivity index (χ4v) is 1.95. The summed E-state index contributed by atoms with van der Waals surface area (Å²) in [6.07, 6.45) is 0. The first-order valence-corrected chi connectivity index (χ1v) is 7.32. The number of hydrogen-bond acceptors (Lipinski definition) is 4. The summed E-state index contributed by atoms with van der Waals surface area (Å²) >= 11 is 0. The van der Waals surface area contributed by atoms with Crippen molar-refractivity contribution in [3.63, 3.8) is 0 Å². The first kappa shape index (κ1) is 20.9. The summed E-state index contributed by atoms with van der Waals surface area (Å²) in [7, 11) is 0. The van der Waals surface area contributed by atoms with Crippen LogP contribution in [-0.4, -0.2) is 39.7 Å². The molecule has 2 aromatic rings. The number of nitrogens with one attached hydrogen (secondary N) is 1. The van der Waals surface area contributed by atoms with Gasteiger partial charge in [0.25, 0.3) is 11.8 Å². The van der Waals surface area contributed by atoms with Crippen LogP contribution in [0.15, 0.2) is 24.3 Å². The van der Waals surface area contributed by atoms with Gasteiger partial charge in [-0.25, -0.2) is 22.8 Å². The largest absolute Gasteiger partial charge is 0.343 e. The van der Waals surface area contributed by atoms with Crippen LogP contribution in [0.5, 0.6) is 0 Å². The molecule has 10 heteroatoms. The molecule has 1 heterocycles. The second-order valence-electron chi connectivity index (χ2n) is 5.58. The van der Waals surface area contributed by atoms with Crippen molar-refractivity contribution in [3.05, 3.63) is 41.7 Å². The lowest BCUT2D eigenvalue weighted by Gasteiger charge is -2.13. The number of carbonyl (C=O) groups is 1. The monoisotopic (exact) mass is 377 g/mol. The van der Waals surface area contributed by atoms with Crippen LogP contribution in [0, 0.1) is 5.82 Å². The van der Waals surface area contributed by atoms with Gasteiger partial charge >= 0.3 is 0 Å². The van der Waals surface area contributed by atoms with E-state index in [2.05, 4.69) is 15.4 Å². The van der Waals surface area contributed by atoms with Gasteiger partial charge in [0.1, 0.15) is 11.6 Å². The number of hydrogen-bond donors (Lipinski definition) is 2. The molecule has 0 fully saturated rings. The van der Waals surface area contributed by atoms with E-state index in [1.807, 2.05) is 13.8 Å². The molecule has 0 saturated heterocycles. The molecule has 0 saturated carbocycles. The zero-order valence-corrected chi connectivity index (χ0v) is 14.5. The number of aromatic nitrogens is 3. The normalized spacial score (nSPS) is 11.3. The highest BCUT2D eigenvalue weighted by Gasteiger charge is 2.28. The average molecular weight is 378 g/mol. The molecule has 138 valence electrons. The van der Waals surface area contributed by atoms with Gasteiger partial charge in [0.05, 0.1) is 18.8 Å². The lowest BCUT2D eigenvalue weighted by molar-refractivity contribution is 0.0117. The smallest absolute Gasteiger partial charge is 0.291 e. The summed E-state index contributed by atoms with van der Waals surface area (Å²) in [5.41, 5.74) is 5.30. The van der Waals surface area contributed by atoms with Gasteiger partial charge in [-0.15, -0.1) is 17.5 Å². The number of carbonyl (C=O) groups excluding carboxylic acids is 1. The fraction of sp³-hybridized carbons (Fsp3) is 0.400. The lowest BCUT2D eigenvalue weighted by Crippen LogP contribution is -2.41. The molecule has 0 atom stereocenters. The van der Waals surface area contributed by atoms with Crippen LogP contribution >= 0.6 is 12.4 Å². The molecule has 0 radical (unpaired) electrons. The highest BCUT2D eigenvalue weighted by Crippen LogP contribution is 2.18. The second kappa shape index (κ2) is 8.30. The Balaban J connectivity index is 0.00000312. The van der Waals surface area contributed by atoms with Crippen LogP contribution in [0.3, 0.4) is 0 Å². The minimum atomic E-state index is -3.21. The zero-order chi connectivity index (χ0) is 17.9. The van der Waals surface area contributed by atoms with E-state index in [-0.39, 0.29) is 24.1 Å². The summed E-state index contributed by atoms with van der Waals surface area (Å²) in [5, 5.41) is 6.07. The SMILES string of the molecule is CC(C)c1nc(C(=O)NCC(F)(F)CN)nn1-c1cccc(F)c1.Cl.